The van der Waals surface area contributed by atoms with Gasteiger partial charge in [-0.25, -0.2) is 10.0 Å². The van der Waals surface area contributed by atoms with Crippen LogP contribution in [0.3, 0.4) is 0 Å². The summed E-state index contributed by atoms with van der Waals surface area (Å²) in [6.07, 6.45) is -0.336. The van der Waals surface area contributed by atoms with Gasteiger partial charge in [0.2, 0.25) is 0 Å². The first-order valence-electron chi connectivity index (χ1n) is 5.54. The standard InChI is InChI=1S/C10H15N3O4S/c1-6(4-14)13(17)9(16)8-5-18-10(11-8)12-2-7(15)3-12/h5-7,14-15,17H,2-4H2,1H3. The predicted molar refractivity (Wildman–Crippen MR) is 64.8 cm³/mol. The number of carbonyl (C=O) groups excluding carboxylic acids is 1. The molecule has 0 saturated carbocycles. The van der Waals surface area contributed by atoms with Crippen molar-refractivity contribution in [3.63, 3.8) is 0 Å². The van der Waals surface area contributed by atoms with Crippen molar-refractivity contribution in [2.75, 3.05) is 24.6 Å². The van der Waals surface area contributed by atoms with E-state index in [1.54, 1.807) is 5.38 Å². The van der Waals surface area contributed by atoms with Gasteiger partial charge in [0.15, 0.2) is 5.13 Å². The lowest BCUT2D eigenvalue weighted by Crippen LogP contribution is -2.50. The van der Waals surface area contributed by atoms with Gasteiger partial charge in [-0.3, -0.25) is 10.0 Å². The number of anilines is 1. The molecule has 2 rings (SSSR count). The molecule has 1 aliphatic heterocycles. The fourth-order valence-electron chi connectivity index (χ4n) is 1.51. The maximum Gasteiger partial charge on any atom is 0.297 e. The molecule has 1 aromatic rings. The Kier molecular flexibility index (Phi) is 3.81. The molecule has 0 radical (unpaired) electrons. The molecule has 1 fully saturated rings. The number of hydroxylamine groups is 2. The zero-order valence-electron chi connectivity index (χ0n) is 9.85. The highest BCUT2D eigenvalue weighted by molar-refractivity contribution is 7.14. The molecule has 1 aromatic heterocycles. The zero-order valence-corrected chi connectivity index (χ0v) is 10.7. The number of aromatic nitrogens is 1. The number of β-amino-alcohol motifs (C(OH)–C–C–N with tert-alkyl or cyclic N) is 1. The summed E-state index contributed by atoms with van der Waals surface area (Å²) >= 11 is 1.28. The number of nitrogens with zero attached hydrogens (tertiary/aromatic N) is 3. The Balaban J connectivity index is 2.03. The number of aliphatic hydroxyl groups is 2. The van der Waals surface area contributed by atoms with Crippen molar-refractivity contribution in [1.82, 2.24) is 10.0 Å². The molecular weight excluding hydrogens is 258 g/mol. The van der Waals surface area contributed by atoms with E-state index in [0.29, 0.717) is 23.3 Å². The van der Waals surface area contributed by atoms with Crippen LogP contribution < -0.4 is 4.90 Å². The molecular formula is C10H15N3O4S. The first-order valence-corrected chi connectivity index (χ1v) is 6.42. The molecule has 18 heavy (non-hydrogen) atoms. The molecule has 100 valence electrons. The second kappa shape index (κ2) is 5.19. The van der Waals surface area contributed by atoms with Crippen LogP contribution in [-0.4, -0.2) is 63.2 Å². The molecule has 1 unspecified atom stereocenters. The average Bonchev–Trinajstić information content (AvgIpc) is 2.81. The van der Waals surface area contributed by atoms with Crippen LogP contribution in [0.1, 0.15) is 17.4 Å². The summed E-state index contributed by atoms with van der Waals surface area (Å²) in [4.78, 5) is 17.7. The summed E-state index contributed by atoms with van der Waals surface area (Å²) in [5.41, 5.74) is 0.138. The molecule has 0 bridgehead atoms. The number of rotatable bonds is 4. The summed E-state index contributed by atoms with van der Waals surface area (Å²) in [6.45, 7) is 2.22. The van der Waals surface area contributed by atoms with Crippen molar-refractivity contribution in [3.8, 4) is 0 Å². The van der Waals surface area contributed by atoms with E-state index in [4.69, 9.17) is 5.11 Å². The molecule has 0 aliphatic carbocycles. The molecule has 0 spiro atoms. The van der Waals surface area contributed by atoms with Crippen molar-refractivity contribution < 1.29 is 20.2 Å². The largest absolute Gasteiger partial charge is 0.394 e. The second-order valence-electron chi connectivity index (χ2n) is 4.26. The Morgan fingerprint density at radius 3 is 2.94 bits per heavy atom. The highest BCUT2D eigenvalue weighted by atomic mass is 32.1. The Morgan fingerprint density at radius 2 is 2.39 bits per heavy atom. The van der Waals surface area contributed by atoms with Crippen LogP contribution in [0, 0.1) is 0 Å². The average molecular weight is 273 g/mol. The Bertz CT molecular complexity index is 433. The van der Waals surface area contributed by atoms with Crippen LogP contribution in [0.5, 0.6) is 0 Å². The topological polar surface area (TPSA) is 97.1 Å². The normalized spacial score (nSPS) is 17.4. The van der Waals surface area contributed by atoms with E-state index in [2.05, 4.69) is 4.98 Å². The minimum atomic E-state index is -0.673. The van der Waals surface area contributed by atoms with E-state index < -0.39 is 11.9 Å². The predicted octanol–water partition coefficient (Wildman–Crippen LogP) is -0.464. The molecule has 1 atom stereocenters. The van der Waals surface area contributed by atoms with Gasteiger partial charge in [0.1, 0.15) is 5.69 Å². The summed E-state index contributed by atoms with van der Waals surface area (Å²) in [6, 6.07) is -0.673. The molecule has 1 aliphatic rings. The first-order chi connectivity index (χ1) is 8.52. The lowest BCUT2D eigenvalue weighted by Gasteiger charge is -2.35. The lowest BCUT2D eigenvalue weighted by molar-refractivity contribution is -0.0947. The van der Waals surface area contributed by atoms with E-state index in [1.807, 2.05) is 4.90 Å². The molecule has 7 nitrogen and oxygen atoms in total. The Hall–Kier alpha value is -1.22. The third-order valence-corrected chi connectivity index (χ3v) is 3.64. The maximum atomic E-state index is 11.8. The van der Waals surface area contributed by atoms with Crippen molar-refractivity contribution >= 4 is 22.4 Å². The van der Waals surface area contributed by atoms with Gasteiger partial charge >= 0.3 is 0 Å². The highest BCUT2D eigenvalue weighted by Crippen LogP contribution is 2.25. The molecule has 2 heterocycles. The summed E-state index contributed by atoms with van der Waals surface area (Å²) in [7, 11) is 0. The van der Waals surface area contributed by atoms with Gasteiger partial charge in [0, 0.05) is 18.5 Å². The van der Waals surface area contributed by atoms with Gasteiger partial charge in [-0.1, -0.05) is 0 Å². The fourth-order valence-corrected chi connectivity index (χ4v) is 2.33. The fraction of sp³-hybridized carbons (Fsp3) is 0.600. The van der Waals surface area contributed by atoms with Gasteiger partial charge in [-0.2, -0.15) is 0 Å². The monoisotopic (exact) mass is 273 g/mol. The second-order valence-corrected chi connectivity index (χ2v) is 5.09. The van der Waals surface area contributed by atoms with Crippen molar-refractivity contribution in [2.24, 2.45) is 0 Å². The van der Waals surface area contributed by atoms with E-state index in [9.17, 15) is 15.1 Å². The number of carbonyl (C=O) groups is 1. The SMILES string of the molecule is CC(CO)N(O)C(=O)c1csc(N2CC(O)C2)n1. The zero-order chi connectivity index (χ0) is 13.3. The Morgan fingerprint density at radius 1 is 1.72 bits per heavy atom. The minimum absolute atomic E-state index is 0.138. The van der Waals surface area contributed by atoms with Gasteiger partial charge in [-0.05, 0) is 6.92 Å². The van der Waals surface area contributed by atoms with Gasteiger partial charge in [0.25, 0.3) is 5.91 Å². The maximum absolute atomic E-state index is 11.8. The third kappa shape index (κ3) is 2.46. The van der Waals surface area contributed by atoms with E-state index >= 15 is 0 Å². The molecule has 8 heteroatoms. The van der Waals surface area contributed by atoms with Crippen LogP contribution in [0.4, 0.5) is 5.13 Å². The van der Waals surface area contributed by atoms with E-state index in [1.165, 1.54) is 18.3 Å². The number of hydrogen-bond donors (Lipinski definition) is 3. The molecule has 0 aromatic carbocycles. The summed E-state index contributed by atoms with van der Waals surface area (Å²) < 4.78 is 0. The smallest absolute Gasteiger partial charge is 0.297 e. The van der Waals surface area contributed by atoms with Gasteiger partial charge in [-0.15, -0.1) is 11.3 Å². The molecule has 1 saturated heterocycles. The quantitative estimate of drug-likeness (QED) is 0.507. The van der Waals surface area contributed by atoms with Crippen molar-refractivity contribution in [2.45, 2.75) is 19.1 Å². The number of aliphatic hydroxyl groups excluding tert-OH is 2. The molecule has 3 N–H and O–H groups in total. The first kappa shape index (κ1) is 13.2. The number of hydrogen-bond acceptors (Lipinski definition) is 7. The molecule has 1 amide bonds. The minimum Gasteiger partial charge on any atom is -0.394 e. The number of thiazole rings is 1. The van der Waals surface area contributed by atoms with Gasteiger partial charge < -0.3 is 15.1 Å². The third-order valence-electron chi connectivity index (χ3n) is 2.73. The van der Waals surface area contributed by atoms with E-state index in [0.717, 1.165) is 0 Å². The van der Waals surface area contributed by atoms with Crippen LogP contribution in [-0.2, 0) is 0 Å². The number of amides is 1. The van der Waals surface area contributed by atoms with Crippen molar-refractivity contribution in [3.05, 3.63) is 11.1 Å². The van der Waals surface area contributed by atoms with E-state index in [-0.39, 0.29) is 18.4 Å². The van der Waals surface area contributed by atoms with Crippen LogP contribution in [0.2, 0.25) is 0 Å². The Labute approximate surface area is 108 Å². The lowest BCUT2D eigenvalue weighted by atomic mass is 10.2. The van der Waals surface area contributed by atoms with Crippen molar-refractivity contribution in [1.29, 1.82) is 0 Å². The summed E-state index contributed by atoms with van der Waals surface area (Å²) in [5.74, 6) is -0.639. The highest BCUT2D eigenvalue weighted by Gasteiger charge is 2.28. The summed E-state index contributed by atoms with van der Waals surface area (Å²) in [5, 5.41) is 30.3. The van der Waals surface area contributed by atoms with Crippen LogP contribution >= 0.6 is 11.3 Å². The van der Waals surface area contributed by atoms with Crippen LogP contribution in [0.25, 0.3) is 0 Å². The van der Waals surface area contributed by atoms with Crippen LogP contribution in [0.15, 0.2) is 5.38 Å². The van der Waals surface area contributed by atoms with Gasteiger partial charge in [0.05, 0.1) is 18.8 Å².